The standard InChI is InChI=1S/C34H36O9/c1-38-28-16-10-22(19-31(28)41-4)7-13-25(35)34(26(36)14-8-23-11-17-29(39-2)32(20-23)42-5)27(37)15-9-24-12-18-30(40-3)33(21-24)43-6/h7-21,25,34-35H,1-6H3/b13-7?,14-8+,15-9+. The summed E-state index contributed by atoms with van der Waals surface area (Å²) in [4.78, 5) is 26.8. The van der Waals surface area contributed by atoms with Crippen molar-refractivity contribution in [2.24, 2.45) is 5.92 Å². The molecule has 226 valence electrons. The molecule has 1 N–H and O–H groups in total. The highest BCUT2D eigenvalue weighted by molar-refractivity contribution is 6.14. The van der Waals surface area contributed by atoms with Crippen LogP contribution in [0, 0.1) is 5.92 Å². The first-order valence-corrected chi connectivity index (χ1v) is 13.2. The topological polar surface area (TPSA) is 110 Å². The fraction of sp³-hybridized carbons (Fsp3) is 0.235. The van der Waals surface area contributed by atoms with Crippen LogP contribution in [-0.4, -0.2) is 65.4 Å². The fourth-order valence-electron chi connectivity index (χ4n) is 4.23. The monoisotopic (exact) mass is 588 g/mol. The summed E-state index contributed by atoms with van der Waals surface area (Å²) in [6, 6.07) is 15.5. The Morgan fingerprint density at radius 3 is 1.19 bits per heavy atom. The van der Waals surface area contributed by atoms with Gasteiger partial charge in [0.05, 0.1) is 48.8 Å². The average Bonchev–Trinajstić information content (AvgIpc) is 3.04. The second-order valence-corrected chi connectivity index (χ2v) is 9.14. The SMILES string of the molecule is COc1ccc(C=CC(O)C(C(=O)/C=C/c2ccc(OC)c(OC)c2)C(=O)/C=C/c2ccc(OC)c(OC)c2)cc1OC. The van der Waals surface area contributed by atoms with Gasteiger partial charge >= 0.3 is 0 Å². The van der Waals surface area contributed by atoms with E-state index in [9.17, 15) is 14.7 Å². The van der Waals surface area contributed by atoms with E-state index in [4.69, 9.17) is 28.4 Å². The molecule has 1 atom stereocenters. The van der Waals surface area contributed by atoms with Gasteiger partial charge < -0.3 is 33.5 Å². The summed E-state index contributed by atoms with van der Waals surface area (Å²) >= 11 is 0. The number of hydrogen-bond donors (Lipinski definition) is 1. The summed E-state index contributed by atoms with van der Waals surface area (Å²) in [6.45, 7) is 0. The van der Waals surface area contributed by atoms with Crippen molar-refractivity contribution in [3.8, 4) is 34.5 Å². The predicted octanol–water partition coefficient (Wildman–Crippen LogP) is 5.29. The summed E-state index contributed by atoms with van der Waals surface area (Å²) in [7, 11) is 9.13. The van der Waals surface area contributed by atoms with Gasteiger partial charge in [0.1, 0.15) is 5.92 Å². The first-order valence-electron chi connectivity index (χ1n) is 13.2. The van der Waals surface area contributed by atoms with E-state index < -0.39 is 23.6 Å². The Kier molecular flexibility index (Phi) is 12.0. The summed E-state index contributed by atoms with van der Waals surface area (Å²) < 4.78 is 31.8. The molecule has 0 aliphatic rings. The summed E-state index contributed by atoms with van der Waals surface area (Å²) in [5, 5.41) is 11.1. The first kappa shape index (κ1) is 32.5. The maximum atomic E-state index is 13.4. The molecule has 0 heterocycles. The molecule has 0 aliphatic heterocycles. The second-order valence-electron chi connectivity index (χ2n) is 9.14. The average molecular weight is 589 g/mol. The van der Waals surface area contributed by atoms with E-state index in [1.165, 1.54) is 60.9 Å². The third-order valence-electron chi connectivity index (χ3n) is 6.54. The zero-order chi connectivity index (χ0) is 31.4. The van der Waals surface area contributed by atoms with Crippen LogP contribution in [0.3, 0.4) is 0 Å². The lowest BCUT2D eigenvalue weighted by Gasteiger charge is -2.15. The van der Waals surface area contributed by atoms with Gasteiger partial charge in [-0.05, 0) is 65.2 Å². The number of benzene rings is 3. The largest absolute Gasteiger partial charge is 0.493 e. The van der Waals surface area contributed by atoms with E-state index in [1.54, 1.807) is 72.8 Å². The highest BCUT2D eigenvalue weighted by atomic mass is 16.5. The van der Waals surface area contributed by atoms with E-state index in [0.29, 0.717) is 51.2 Å². The Morgan fingerprint density at radius 1 is 0.535 bits per heavy atom. The lowest BCUT2D eigenvalue weighted by Crippen LogP contribution is -2.32. The molecule has 3 aromatic rings. The van der Waals surface area contributed by atoms with Gasteiger partial charge in [-0.2, -0.15) is 0 Å². The number of ketones is 2. The van der Waals surface area contributed by atoms with Crippen molar-refractivity contribution in [2.75, 3.05) is 42.7 Å². The molecule has 0 bridgehead atoms. The molecule has 9 nitrogen and oxygen atoms in total. The molecule has 1 unspecified atom stereocenters. The van der Waals surface area contributed by atoms with Gasteiger partial charge in [0.25, 0.3) is 0 Å². The lowest BCUT2D eigenvalue weighted by atomic mass is 9.90. The van der Waals surface area contributed by atoms with Crippen molar-refractivity contribution in [2.45, 2.75) is 6.10 Å². The van der Waals surface area contributed by atoms with Crippen LogP contribution in [-0.2, 0) is 9.59 Å². The molecule has 0 aromatic heterocycles. The number of carbonyl (C=O) groups excluding carboxylic acids is 2. The van der Waals surface area contributed by atoms with E-state index >= 15 is 0 Å². The Hall–Kier alpha value is -5.02. The highest BCUT2D eigenvalue weighted by Gasteiger charge is 2.29. The van der Waals surface area contributed by atoms with Gasteiger partial charge in [0, 0.05) is 0 Å². The molecular formula is C34H36O9. The number of aliphatic hydroxyl groups excluding tert-OH is 1. The van der Waals surface area contributed by atoms with Crippen molar-refractivity contribution < 1.29 is 43.1 Å². The van der Waals surface area contributed by atoms with Crippen LogP contribution in [0.5, 0.6) is 34.5 Å². The quantitative estimate of drug-likeness (QED) is 0.187. The molecular weight excluding hydrogens is 552 g/mol. The maximum Gasteiger partial charge on any atom is 0.169 e. The third-order valence-corrected chi connectivity index (χ3v) is 6.54. The molecule has 0 aliphatic carbocycles. The predicted molar refractivity (Wildman–Crippen MR) is 165 cm³/mol. The number of rotatable bonds is 15. The smallest absolute Gasteiger partial charge is 0.169 e. The fourth-order valence-corrected chi connectivity index (χ4v) is 4.23. The molecule has 0 amide bonds. The van der Waals surface area contributed by atoms with Crippen LogP contribution in [0.1, 0.15) is 16.7 Å². The van der Waals surface area contributed by atoms with Crippen LogP contribution < -0.4 is 28.4 Å². The zero-order valence-corrected chi connectivity index (χ0v) is 25.0. The van der Waals surface area contributed by atoms with Crippen molar-refractivity contribution in [1.29, 1.82) is 0 Å². The number of aliphatic hydroxyl groups is 1. The summed E-state index contributed by atoms with van der Waals surface area (Å²) in [5.74, 6) is 0.514. The van der Waals surface area contributed by atoms with Crippen LogP contribution in [0.15, 0.2) is 72.8 Å². The summed E-state index contributed by atoms with van der Waals surface area (Å²) in [6.07, 6.45) is 7.20. The van der Waals surface area contributed by atoms with Gasteiger partial charge in [0.2, 0.25) is 0 Å². The summed E-state index contributed by atoms with van der Waals surface area (Å²) in [5.41, 5.74) is 1.97. The van der Waals surface area contributed by atoms with Crippen molar-refractivity contribution in [3.63, 3.8) is 0 Å². The van der Waals surface area contributed by atoms with Crippen LogP contribution in [0.25, 0.3) is 18.2 Å². The van der Waals surface area contributed by atoms with Gasteiger partial charge in [0.15, 0.2) is 46.1 Å². The first-order chi connectivity index (χ1) is 20.8. The third kappa shape index (κ3) is 8.50. The molecule has 0 fully saturated rings. The van der Waals surface area contributed by atoms with Gasteiger partial charge in [-0.25, -0.2) is 0 Å². The molecule has 3 aromatic carbocycles. The van der Waals surface area contributed by atoms with Crippen LogP contribution >= 0.6 is 0 Å². The molecule has 3 rings (SSSR count). The Morgan fingerprint density at radius 2 is 0.860 bits per heavy atom. The minimum absolute atomic E-state index is 0.487. The second kappa shape index (κ2) is 15.8. The number of ether oxygens (including phenoxy) is 6. The van der Waals surface area contributed by atoms with Gasteiger partial charge in [-0.15, -0.1) is 0 Å². The normalized spacial score (nSPS) is 12.1. The molecule has 0 saturated carbocycles. The van der Waals surface area contributed by atoms with Crippen molar-refractivity contribution >= 4 is 29.8 Å². The van der Waals surface area contributed by atoms with E-state index in [-0.39, 0.29) is 0 Å². The maximum absolute atomic E-state index is 13.4. The minimum atomic E-state index is -1.43. The van der Waals surface area contributed by atoms with Crippen molar-refractivity contribution in [3.05, 3.63) is 89.5 Å². The van der Waals surface area contributed by atoms with E-state index in [2.05, 4.69) is 0 Å². The van der Waals surface area contributed by atoms with E-state index in [0.717, 1.165) is 0 Å². The highest BCUT2D eigenvalue weighted by Crippen LogP contribution is 2.30. The van der Waals surface area contributed by atoms with Crippen LogP contribution in [0.2, 0.25) is 0 Å². The molecule has 43 heavy (non-hydrogen) atoms. The molecule has 9 heteroatoms. The molecule has 0 radical (unpaired) electrons. The Balaban J connectivity index is 1.92. The molecule has 0 spiro atoms. The van der Waals surface area contributed by atoms with E-state index in [1.807, 2.05) is 0 Å². The lowest BCUT2D eigenvalue weighted by molar-refractivity contribution is -0.130. The number of methoxy groups -OCH3 is 6. The Labute approximate surface area is 251 Å². The molecule has 0 saturated heterocycles. The van der Waals surface area contributed by atoms with Crippen LogP contribution in [0.4, 0.5) is 0 Å². The number of carbonyl (C=O) groups is 2. The number of allylic oxidation sites excluding steroid dienone is 2. The zero-order valence-electron chi connectivity index (χ0n) is 25.0. The Bertz CT molecular complexity index is 1430. The van der Waals surface area contributed by atoms with Gasteiger partial charge in [-0.3, -0.25) is 9.59 Å². The number of hydrogen-bond acceptors (Lipinski definition) is 9. The van der Waals surface area contributed by atoms with Crippen molar-refractivity contribution in [1.82, 2.24) is 0 Å². The minimum Gasteiger partial charge on any atom is -0.493 e. The van der Waals surface area contributed by atoms with Gasteiger partial charge in [-0.1, -0.05) is 42.5 Å².